The van der Waals surface area contributed by atoms with E-state index in [9.17, 15) is 10.0 Å². The summed E-state index contributed by atoms with van der Waals surface area (Å²) in [5.74, 6) is 0.889. The summed E-state index contributed by atoms with van der Waals surface area (Å²) in [5, 5.41) is 16.8. The Bertz CT molecular complexity index is 1030. The maximum absolute atomic E-state index is 12.3. The SMILES string of the molecule is CC(C)(C)OC(=O)N1CCN(c2nn(-c3ccc(N[O-])cc3)c3ccccc23)CC1. The van der Waals surface area contributed by atoms with Crippen LogP contribution in [-0.2, 0) is 4.74 Å². The fourth-order valence-corrected chi connectivity index (χ4v) is 3.58. The van der Waals surface area contributed by atoms with E-state index >= 15 is 0 Å². The number of hydrogen-bond acceptors (Lipinski definition) is 6. The van der Waals surface area contributed by atoms with Crippen molar-refractivity contribution in [3.63, 3.8) is 0 Å². The standard InChI is InChI=1S/C22H26N5O3/c1-22(2,3)30-21(28)26-14-12-25(13-15-26)20-18-6-4-5-7-19(18)27(23-20)17-10-8-16(24-29)9-11-17/h4-11,24H,12-15H2,1-3H3/q-1. The zero-order valence-corrected chi connectivity index (χ0v) is 17.5. The third kappa shape index (κ3) is 4.04. The Labute approximate surface area is 175 Å². The number of rotatable bonds is 3. The zero-order chi connectivity index (χ0) is 21.3. The highest BCUT2D eigenvalue weighted by Crippen LogP contribution is 2.29. The average Bonchev–Trinajstić information content (AvgIpc) is 3.12. The van der Waals surface area contributed by atoms with Crippen molar-refractivity contribution in [2.75, 3.05) is 36.6 Å². The number of carbonyl (C=O) groups is 1. The summed E-state index contributed by atoms with van der Waals surface area (Å²) in [7, 11) is 0. The Balaban J connectivity index is 1.57. The first kappa shape index (κ1) is 20.0. The molecule has 1 saturated heterocycles. The lowest BCUT2D eigenvalue weighted by Crippen LogP contribution is -2.50. The summed E-state index contributed by atoms with van der Waals surface area (Å²) in [4.78, 5) is 16.3. The van der Waals surface area contributed by atoms with E-state index in [1.165, 1.54) is 0 Å². The van der Waals surface area contributed by atoms with Gasteiger partial charge in [0.15, 0.2) is 5.82 Å². The van der Waals surface area contributed by atoms with Crippen LogP contribution in [-0.4, -0.2) is 52.6 Å². The van der Waals surface area contributed by atoms with Crippen molar-refractivity contribution >= 4 is 28.5 Å². The summed E-state index contributed by atoms with van der Waals surface area (Å²) in [6, 6.07) is 15.3. The number of ether oxygens (including phenoxy) is 1. The van der Waals surface area contributed by atoms with Gasteiger partial charge in [0.1, 0.15) is 5.60 Å². The molecule has 4 rings (SSSR count). The van der Waals surface area contributed by atoms with Gasteiger partial charge >= 0.3 is 6.09 Å². The van der Waals surface area contributed by atoms with Gasteiger partial charge in [0.2, 0.25) is 0 Å². The van der Waals surface area contributed by atoms with Gasteiger partial charge in [-0.2, -0.15) is 0 Å². The van der Waals surface area contributed by atoms with Gasteiger partial charge in [-0.3, -0.25) is 0 Å². The number of aromatic nitrogens is 2. The van der Waals surface area contributed by atoms with Crippen LogP contribution in [0.15, 0.2) is 48.5 Å². The Morgan fingerprint density at radius 1 is 1.03 bits per heavy atom. The molecule has 8 nitrogen and oxygen atoms in total. The molecule has 2 aromatic carbocycles. The molecule has 8 heteroatoms. The van der Waals surface area contributed by atoms with Crippen molar-refractivity contribution in [1.82, 2.24) is 14.7 Å². The van der Waals surface area contributed by atoms with Crippen LogP contribution in [0.3, 0.4) is 0 Å². The molecule has 0 atom stereocenters. The van der Waals surface area contributed by atoms with E-state index in [0.29, 0.717) is 31.9 Å². The zero-order valence-electron chi connectivity index (χ0n) is 17.5. The summed E-state index contributed by atoms with van der Waals surface area (Å²) in [5.41, 5.74) is 3.77. The average molecular weight is 408 g/mol. The normalized spacial score (nSPS) is 14.8. The number of benzene rings is 2. The monoisotopic (exact) mass is 408 g/mol. The molecule has 1 N–H and O–H groups in total. The largest absolute Gasteiger partial charge is 0.761 e. The Morgan fingerprint density at radius 3 is 2.33 bits per heavy atom. The summed E-state index contributed by atoms with van der Waals surface area (Å²) in [6.45, 7) is 8.15. The molecule has 0 aliphatic carbocycles. The number of nitrogens with one attached hydrogen (secondary N) is 1. The third-order valence-electron chi connectivity index (χ3n) is 5.03. The molecular weight excluding hydrogens is 382 g/mol. The van der Waals surface area contributed by atoms with Crippen LogP contribution in [0.5, 0.6) is 0 Å². The molecule has 0 saturated carbocycles. The van der Waals surface area contributed by atoms with Crippen molar-refractivity contribution in [2.24, 2.45) is 0 Å². The van der Waals surface area contributed by atoms with E-state index < -0.39 is 5.60 Å². The lowest BCUT2D eigenvalue weighted by Gasteiger charge is -2.35. The molecular formula is C22H26N5O3-. The van der Waals surface area contributed by atoms with Crippen LogP contribution in [0, 0.1) is 5.21 Å². The molecule has 1 aromatic heterocycles. The van der Waals surface area contributed by atoms with Crippen LogP contribution < -0.4 is 10.4 Å². The van der Waals surface area contributed by atoms with E-state index in [-0.39, 0.29) is 6.09 Å². The molecule has 3 aromatic rings. The first-order valence-corrected chi connectivity index (χ1v) is 10.0. The topological polar surface area (TPSA) is 85.7 Å². The minimum absolute atomic E-state index is 0.274. The number of piperazine rings is 1. The van der Waals surface area contributed by atoms with Crippen molar-refractivity contribution in [3.8, 4) is 5.69 Å². The number of para-hydroxylation sites is 1. The van der Waals surface area contributed by atoms with E-state index in [4.69, 9.17) is 9.84 Å². The van der Waals surface area contributed by atoms with Gasteiger partial charge in [0.25, 0.3) is 0 Å². The number of anilines is 2. The molecule has 0 bridgehead atoms. The summed E-state index contributed by atoms with van der Waals surface area (Å²) < 4.78 is 7.38. The third-order valence-corrected chi connectivity index (χ3v) is 5.03. The first-order valence-electron chi connectivity index (χ1n) is 10.0. The maximum atomic E-state index is 12.3. The first-order chi connectivity index (χ1) is 14.4. The minimum atomic E-state index is -0.500. The number of hydrogen-bond donors (Lipinski definition) is 1. The van der Waals surface area contributed by atoms with Crippen LogP contribution in [0.25, 0.3) is 16.6 Å². The fraction of sp³-hybridized carbons (Fsp3) is 0.364. The van der Waals surface area contributed by atoms with E-state index in [2.05, 4.69) is 11.0 Å². The Kier molecular flexibility index (Phi) is 5.26. The molecule has 0 spiro atoms. The second kappa shape index (κ2) is 7.87. The molecule has 0 unspecified atom stereocenters. The number of carbonyl (C=O) groups excluding carboxylic acids is 1. The van der Waals surface area contributed by atoms with Crippen molar-refractivity contribution in [3.05, 3.63) is 53.7 Å². The molecule has 158 valence electrons. The van der Waals surface area contributed by atoms with Gasteiger partial charge < -0.3 is 25.2 Å². The molecule has 2 heterocycles. The van der Waals surface area contributed by atoms with E-state index in [0.717, 1.165) is 22.4 Å². The number of fused-ring (bicyclic) bond motifs is 1. The molecule has 30 heavy (non-hydrogen) atoms. The van der Waals surface area contributed by atoms with Crippen LogP contribution in [0.1, 0.15) is 20.8 Å². The number of amides is 1. The van der Waals surface area contributed by atoms with Gasteiger partial charge in [0.05, 0.1) is 11.2 Å². The molecule has 0 radical (unpaired) electrons. The van der Waals surface area contributed by atoms with Gasteiger partial charge in [-0.15, -0.1) is 5.10 Å². The van der Waals surface area contributed by atoms with Crippen molar-refractivity contribution in [1.29, 1.82) is 0 Å². The van der Waals surface area contributed by atoms with Crippen LogP contribution in [0.2, 0.25) is 0 Å². The second-order valence-corrected chi connectivity index (χ2v) is 8.36. The smallest absolute Gasteiger partial charge is 0.410 e. The van der Waals surface area contributed by atoms with Crippen LogP contribution in [0.4, 0.5) is 16.3 Å². The summed E-state index contributed by atoms with van der Waals surface area (Å²) in [6.07, 6.45) is -0.274. The van der Waals surface area contributed by atoms with E-state index in [1.807, 2.05) is 61.3 Å². The number of nitrogens with zero attached hydrogens (tertiary/aromatic N) is 4. The highest BCUT2D eigenvalue weighted by molar-refractivity contribution is 5.92. The van der Waals surface area contributed by atoms with Gasteiger partial charge in [-0.25, -0.2) is 9.48 Å². The lowest BCUT2D eigenvalue weighted by atomic mass is 10.2. The molecule has 1 aliphatic heterocycles. The minimum Gasteiger partial charge on any atom is -0.761 e. The highest BCUT2D eigenvalue weighted by Gasteiger charge is 2.27. The van der Waals surface area contributed by atoms with Crippen molar-refractivity contribution < 1.29 is 9.53 Å². The maximum Gasteiger partial charge on any atom is 0.410 e. The van der Waals surface area contributed by atoms with Crippen LogP contribution >= 0.6 is 0 Å². The van der Waals surface area contributed by atoms with Gasteiger partial charge in [-0.1, -0.05) is 12.1 Å². The Morgan fingerprint density at radius 2 is 1.70 bits per heavy atom. The fourth-order valence-electron chi connectivity index (χ4n) is 3.58. The highest BCUT2D eigenvalue weighted by atomic mass is 16.6. The second-order valence-electron chi connectivity index (χ2n) is 8.36. The lowest BCUT2D eigenvalue weighted by molar-refractivity contribution is 0.0240. The predicted molar refractivity (Wildman–Crippen MR) is 118 cm³/mol. The molecule has 1 aliphatic rings. The predicted octanol–water partition coefficient (Wildman–Crippen LogP) is 3.99. The summed E-state index contributed by atoms with van der Waals surface area (Å²) >= 11 is 0. The molecule has 1 amide bonds. The van der Waals surface area contributed by atoms with Gasteiger partial charge in [0, 0.05) is 37.3 Å². The quantitative estimate of drug-likeness (QED) is 0.660. The van der Waals surface area contributed by atoms with Gasteiger partial charge in [-0.05, 0) is 57.2 Å². The molecule has 1 fully saturated rings. The van der Waals surface area contributed by atoms with Crippen molar-refractivity contribution in [2.45, 2.75) is 26.4 Å². The Hall–Kier alpha value is -3.26. The van der Waals surface area contributed by atoms with E-state index in [1.54, 1.807) is 17.0 Å².